The summed E-state index contributed by atoms with van der Waals surface area (Å²) in [6, 6.07) is 12.5. The smallest absolute Gasteiger partial charge is 0.177 e. The van der Waals surface area contributed by atoms with E-state index < -0.39 is 15.3 Å². The zero-order valence-corrected chi connectivity index (χ0v) is 16.7. The van der Waals surface area contributed by atoms with Crippen molar-refractivity contribution < 1.29 is 8.42 Å². The van der Waals surface area contributed by atoms with Crippen LogP contribution in [0, 0.1) is 0 Å². The molecule has 3 rings (SSSR count). The average molecular weight is 414 g/mol. The second kappa shape index (κ2) is 8.05. The fourth-order valence-electron chi connectivity index (χ4n) is 2.97. The van der Waals surface area contributed by atoms with Crippen LogP contribution in [0.3, 0.4) is 0 Å². The Morgan fingerprint density at radius 3 is 2.50 bits per heavy atom. The van der Waals surface area contributed by atoms with Gasteiger partial charge in [-0.15, -0.1) is 0 Å². The van der Waals surface area contributed by atoms with Crippen LogP contribution in [0.25, 0.3) is 0 Å². The van der Waals surface area contributed by atoms with Gasteiger partial charge in [-0.25, -0.2) is 8.42 Å². The second-order valence-electron chi connectivity index (χ2n) is 6.22. The van der Waals surface area contributed by atoms with E-state index in [1.807, 2.05) is 30.3 Å². The van der Waals surface area contributed by atoms with E-state index in [2.05, 4.69) is 15.5 Å². The van der Waals surface area contributed by atoms with Crippen molar-refractivity contribution in [1.29, 1.82) is 0 Å². The minimum atomic E-state index is -3.40. The van der Waals surface area contributed by atoms with Crippen LogP contribution in [0.5, 0.6) is 0 Å². The van der Waals surface area contributed by atoms with Crippen LogP contribution in [0.15, 0.2) is 47.4 Å². The fraction of sp³-hybridized carbons (Fsp3) is 0.333. The Morgan fingerprint density at radius 1 is 1.15 bits per heavy atom. The maximum absolute atomic E-state index is 12.2. The number of nitrogens with zero attached hydrogens (tertiary/aromatic N) is 1. The number of benzene rings is 2. The van der Waals surface area contributed by atoms with Gasteiger partial charge in [-0.1, -0.05) is 41.4 Å². The van der Waals surface area contributed by atoms with Gasteiger partial charge in [0.15, 0.2) is 9.84 Å². The second-order valence-corrected chi connectivity index (χ2v) is 9.05. The lowest BCUT2D eigenvalue weighted by Gasteiger charge is -2.30. The Kier molecular flexibility index (Phi) is 5.97. The first kappa shape index (κ1) is 19.3. The van der Waals surface area contributed by atoms with E-state index >= 15 is 0 Å². The molecule has 0 aliphatic carbocycles. The molecule has 1 fully saturated rings. The van der Waals surface area contributed by atoms with Crippen molar-refractivity contribution >= 4 is 44.4 Å². The van der Waals surface area contributed by atoms with Gasteiger partial charge in [0.05, 0.1) is 10.6 Å². The summed E-state index contributed by atoms with van der Waals surface area (Å²) in [6.45, 7) is 3.53. The van der Waals surface area contributed by atoms with Crippen molar-refractivity contribution in [3.05, 3.63) is 53.1 Å². The molecule has 2 aromatic carbocycles. The van der Waals surface area contributed by atoms with E-state index in [1.165, 1.54) is 6.26 Å². The number of alkyl halides is 1. The molecule has 0 spiro atoms. The molecule has 1 aliphatic heterocycles. The quantitative estimate of drug-likeness (QED) is 0.579. The summed E-state index contributed by atoms with van der Waals surface area (Å²) >= 11 is 12.7. The predicted molar refractivity (Wildman–Crippen MR) is 108 cm³/mol. The average Bonchev–Trinajstić information content (AvgIpc) is 2.62. The fourth-order valence-corrected chi connectivity index (χ4v) is 4.41. The highest BCUT2D eigenvalue weighted by atomic mass is 35.5. The molecule has 140 valence electrons. The minimum Gasteiger partial charge on any atom is -0.369 e. The molecule has 1 saturated heterocycles. The van der Waals surface area contributed by atoms with Gasteiger partial charge in [-0.05, 0) is 24.3 Å². The number of piperazine rings is 1. The molecule has 0 radical (unpaired) electrons. The summed E-state index contributed by atoms with van der Waals surface area (Å²) in [5.74, 6) is 0. The Morgan fingerprint density at radius 2 is 1.85 bits per heavy atom. The van der Waals surface area contributed by atoms with Gasteiger partial charge in [0.2, 0.25) is 0 Å². The van der Waals surface area contributed by atoms with E-state index in [-0.39, 0.29) is 4.90 Å². The molecule has 0 saturated carbocycles. The van der Waals surface area contributed by atoms with Crippen LogP contribution >= 0.6 is 23.2 Å². The van der Waals surface area contributed by atoms with E-state index in [1.54, 1.807) is 12.1 Å². The molecule has 1 atom stereocenters. The van der Waals surface area contributed by atoms with E-state index in [0.717, 1.165) is 31.9 Å². The molecule has 2 N–H and O–H groups in total. The number of hydrogen-bond acceptors (Lipinski definition) is 5. The Hall–Kier alpha value is -1.47. The van der Waals surface area contributed by atoms with E-state index in [4.69, 9.17) is 23.2 Å². The summed E-state index contributed by atoms with van der Waals surface area (Å²) < 4.78 is 24.4. The van der Waals surface area contributed by atoms with Crippen LogP contribution in [-0.4, -0.2) is 40.9 Å². The molecule has 26 heavy (non-hydrogen) atoms. The lowest BCUT2D eigenvalue weighted by molar-refractivity contribution is 0.589. The lowest BCUT2D eigenvalue weighted by Crippen LogP contribution is -2.43. The molecular weight excluding hydrogens is 393 g/mol. The largest absolute Gasteiger partial charge is 0.369 e. The predicted octanol–water partition coefficient (Wildman–Crippen LogP) is 3.50. The number of rotatable bonds is 5. The molecule has 1 aliphatic rings. The number of sulfone groups is 1. The van der Waals surface area contributed by atoms with Gasteiger partial charge in [0.25, 0.3) is 0 Å². The van der Waals surface area contributed by atoms with E-state index in [9.17, 15) is 8.42 Å². The molecule has 1 heterocycles. The highest BCUT2D eigenvalue weighted by Crippen LogP contribution is 2.34. The summed E-state index contributed by atoms with van der Waals surface area (Å²) in [7, 11) is -3.40. The maximum Gasteiger partial charge on any atom is 0.177 e. The first-order valence-electron chi connectivity index (χ1n) is 8.31. The molecule has 8 heteroatoms. The molecule has 2 aromatic rings. The third kappa shape index (κ3) is 4.43. The van der Waals surface area contributed by atoms with Crippen molar-refractivity contribution in [2.45, 2.75) is 10.4 Å². The molecule has 0 amide bonds. The normalized spacial score (nSPS) is 16.3. The number of halogens is 2. The van der Waals surface area contributed by atoms with Crippen LogP contribution in [0.2, 0.25) is 5.02 Å². The maximum atomic E-state index is 12.2. The lowest BCUT2D eigenvalue weighted by atomic mass is 10.2. The first-order valence-corrected chi connectivity index (χ1v) is 11.0. The molecule has 0 bridgehead atoms. The van der Waals surface area contributed by atoms with Gasteiger partial charge in [-0.2, -0.15) is 0 Å². The van der Waals surface area contributed by atoms with Gasteiger partial charge in [0, 0.05) is 48.7 Å². The van der Waals surface area contributed by atoms with Crippen LogP contribution in [-0.2, 0) is 9.84 Å². The van der Waals surface area contributed by atoms with Crippen molar-refractivity contribution in [3.63, 3.8) is 0 Å². The SMILES string of the molecule is CS(=O)(=O)c1ccc(N2CCNCC2)cc1NC(Cl)c1ccccc1Cl. The molecule has 1 unspecified atom stereocenters. The highest BCUT2D eigenvalue weighted by Gasteiger charge is 2.20. The Balaban J connectivity index is 1.95. The number of nitrogens with one attached hydrogen (secondary N) is 2. The summed E-state index contributed by atoms with van der Waals surface area (Å²) in [5, 5.41) is 6.95. The molecule has 5 nitrogen and oxygen atoms in total. The summed E-state index contributed by atoms with van der Waals surface area (Å²) in [4.78, 5) is 2.43. The standard InChI is InChI=1S/C18H21Cl2N3O2S/c1-26(24,25)17-7-6-13(23-10-8-21-9-11-23)12-16(17)22-18(20)14-4-2-3-5-15(14)19/h2-7,12,18,21-22H,8-11H2,1H3. The van der Waals surface area contributed by atoms with Crippen molar-refractivity contribution in [2.75, 3.05) is 42.7 Å². The van der Waals surface area contributed by atoms with Crippen LogP contribution in [0.1, 0.15) is 11.1 Å². The van der Waals surface area contributed by atoms with Crippen molar-refractivity contribution in [3.8, 4) is 0 Å². The topological polar surface area (TPSA) is 61.4 Å². The highest BCUT2D eigenvalue weighted by molar-refractivity contribution is 7.90. The van der Waals surface area contributed by atoms with Crippen molar-refractivity contribution in [1.82, 2.24) is 5.32 Å². The zero-order valence-electron chi connectivity index (χ0n) is 14.4. The van der Waals surface area contributed by atoms with Gasteiger partial charge >= 0.3 is 0 Å². The third-order valence-electron chi connectivity index (χ3n) is 4.31. The van der Waals surface area contributed by atoms with E-state index in [0.29, 0.717) is 16.3 Å². The van der Waals surface area contributed by atoms with Crippen molar-refractivity contribution in [2.24, 2.45) is 0 Å². The minimum absolute atomic E-state index is 0.217. The van der Waals surface area contributed by atoms with Gasteiger partial charge in [-0.3, -0.25) is 0 Å². The number of hydrogen-bond donors (Lipinski definition) is 2. The zero-order chi connectivity index (χ0) is 18.7. The third-order valence-corrected chi connectivity index (χ3v) is 6.15. The summed E-state index contributed by atoms with van der Waals surface area (Å²) in [6.07, 6.45) is 1.19. The first-order chi connectivity index (χ1) is 12.4. The van der Waals surface area contributed by atoms with Gasteiger partial charge in [0.1, 0.15) is 5.50 Å². The van der Waals surface area contributed by atoms with Crippen LogP contribution < -0.4 is 15.5 Å². The molecule has 0 aromatic heterocycles. The van der Waals surface area contributed by atoms with Crippen LogP contribution in [0.4, 0.5) is 11.4 Å². The van der Waals surface area contributed by atoms with Gasteiger partial charge < -0.3 is 15.5 Å². The number of anilines is 2. The Labute approximate surface area is 164 Å². The molecular formula is C18H21Cl2N3O2S. The monoisotopic (exact) mass is 413 g/mol. The Bertz CT molecular complexity index is 884. The summed E-state index contributed by atoms with van der Waals surface area (Å²) in [5.41, 5.74) is 1.48.